The van der Waals surface area contributed by atoms with Crippen LogP contribution in [-0.2, 0) is 11.3 Å². The maximum Gasteiger partial charge on any atom is 0.338 e. The van der Waals surface area contributed by atoms with Gasteiger partial charge in [-0.15, -0.1) is 0 Å². The number of amides is 1. The third-order valence-corrected chi connectivity index (χ3v) is 2.62. The van der Waals surface area contributed by atoms with Crippen LogP contribution in [0.15, 0.2) is 18.2 Å². The first kappa shape index (κ1) is 14.0. The molecule has 6 nitrogen and oxygen atoms in total. The van der Waals surface area contributed by atoms with Crippen molar-refractivity contribution in [2.24, 2.45) is 5.73 Å². The van der Waals surface area contributed by atoms with Crippen LogP contribution in [-0.4, -0.2) is 35.0 Å². The van der Waals surface area contributed by atoms with Gasteiger partial charge in [-0.1, -0.05) is 19.1 Å². The van der Waals surface area contributed by atoms with Crippen molar-refractivity contribution in [1.29, 1.82) is 0 Å². The molecule has 0 aromatic heterocycles. The van der Waals surface area contributed by atoms with E-state index >= 15 is 0 Å². The largest absolute Gasteiger partial charge is 0.478 e. The second-order valence-corrected chi connectivity index (χ2v) is 3.96. The average Bonchev–Trinajstić information content (AvgIpc) is 2.27. The van der Waals surface area contributed by atoms with Crippen molar-refractivity contribution in [3.05, 3.63) is 29.3 Å². The Morgan fingerprint density at radius 1 is 1.39 bits per heavy atom. The maximum absolute atomic E-state index is 11.1. The van der Waals surface area contributed by atoms with Gasteiger partial charge in [0.1, 0.15) is 0 Å². The Morgan fingerprint density at radius 2 is 2.06 bits per heavy atom. The van der Waals surface area contributed by atoms with Crippen LogP contribution < -0.4 is 11.5 Å². The fourth-order valence-corrected chi connectivity index (χ4v) is 1.75. The second kappa shape index (κ2) is 6.02. The highest BCUT2D eigenvalue weighted by molar-refractivity contribution is 5.95. The van der Waals surface area contributed by atoms with Crippen LogP contribution in [0.5, 0.6) is 0 Å². The predicted molar refractivity (Wildman–Crippen MR) is 68.0 cm³/mol. The molecule has 98 valence electrons. The average molecular weight is 251 g/mol. The number of nitrogen functional groups attached to an aromatic ring is 1. The molecule has 1 aromatic carbocycles. The molecule has 0 saturated carbocycles. The summed E-state index contributed by atoms with van der Waals surface area (Å²) in [5.41, 5.74) is 11.7. The van der Waals surface area contributed by atoms with Crippen LogP contribution in [0.25, 0.3) is 0 Å². The van der Waals surface area contributed by atoms with Crippen molar-refractivity contribution in [1.82, 2.24) is 4.90 Å². The summed E-state index contributed by atoms with van der Waals surface area (Å²) in [4.78, 5) is 23.8. The van der Waals surface area contributed by atoms with Crippen molar-refractivity contribution in [3.63, 3.8) is 0 Å². The van der Waals surface area contributed by atoms with Crippen LogP contribution in [0, 0.1) is 0 Å². The summed E-state index contributed by atoms with van der Waals surface area (Å²) in [6.07, 6.45) is 0. The molecule has 5 N–H and O–H groups in total. The number of carbonyl (C=O) groups excluding carboxylic acids is 1. The minimum atomic E-state index is -1.07. The fraction of sp³-hybridized carbons (Fsp3) is 0.333. The zero-order chi connectivity index (χ0) is 13.7. The van der Waals surface area contributed by atoms with Gasteiger partial charge in [0.25, 0.3) is 0 Å². The van der Waals surface area contributed by atoms with Gasteiger partial charge >= 0.3 is 5.97 Å². The minimum Gasteiger partial charge on any atom is -0.478 e. The lowest BCUT2D eigenvalue weighted by Gasteiger charge is -2.20. The van der Waals surface area contributed by atoms with E-state index in [0.29, 0.717) is 18.7 Å². The molecular weight excluding hydrogens is 234 g/mol. The molecule has 0 heterocycles. The summed E-state index contributed by atoms with van der Waals surface area (Å²) >= 11 is 0. The van der Waals surface area contributed by atoms with Gasteiger partial charge in [0.05, 0.1) is 12.1 Å². The van der Waals surface area contributed by atoms with Crippen LogP contribution in [0.4, 0.5) is 5.69 Å². The predicted octanol–water partition coefficient (Wildman–Crippen LogP) is 0.274. The first-order valence-electron chi connectivity index (χ1n) is 5.57. The van der Waals surface area contributed by atoms with Gasteiger partial charge in [0, 0.05) is 12.2 Å². The number of hydrogen-bond donors (Lipinski definition) is 3. The van der Waals surface area contributed by atoms with Crippen molar-refractivity contribution in [3.8, 4) is 0 Å². The molecule has 0 spiro atoms. The smallest absolute Gasteiger partial charge is 0.338 e. The van der Waals surface area contributed by atoms with E-state index < -0.39 is 11.9 Å². The highest BCUT2D eigenvalue weighted by atomic mass is 16.4. The summed E-state index contributed by atoms with van der Waals surface area (Å²) in [5.74, 6) is -1.52. The second-order valence-electron chi connectivity index (χ2n) is 3.96. The van der Waals surface area contributed by atoms with Crippen LogP contribution in [0.3, 0.4) is 0 Å². The first-order chi connectivity index (χ1) is 8.45. The number of likely N-dealkylation sites (N-methyl/N-ethyl adjacent to an activating group) is 1. The fourth-order valence-electron chi connectivity index (χ4n) is 1.75. The van der Waals surface area contributed by atoms with Crippen molar-refractivity contribution in [2.75, 3.05) is 18.8 Å². The Bertz CT molecular complexity index is 460. The number of anilines is 1. The number of carboxylic acid groups (broad SMARTS) is 1. The van der Waals surface area contributed by atoms with Gasteiger partial charge in [-0.3, -0.25) is 9.69 Å². The zero-order valence-corrected chi connectivity index (χ0v) is 10.2. The van der Waals surface area contributed by atoms with E-state index in [1.807, 2.05) is 6.92 Å². The third kappa shape index (κ3) is 3.46. The molecule has 0 aliphatic rings. The number of hydrogen-bond acceptors (Lipinski definition) is 4. The topological polar surface area (TPSA) is 110 Å². The molecule has 0 aliphatic heterocycles. The monoisotopic (exact) mass is 251 g/mol. The van der Waals surface area contributed by atoms with E-state index in [1.54, 1.807) is 17.0 Å². The lowest BCUT2D eigenvalue weighted by atomic mass is 10.0. The molecule has 18 heavy (non-hydrogen) atoms. The van der Waals surface area contributed by atoms with Gasteiger partial charge in [-0.25, -0.2) is 4.79 Å². The Kier molecular flexibility index (Phi) is 4.67. The molecule has 0 unspecified atom stereocenters. The Labute approximate surface area is 105 Å². The van der Waals surface area contributed by atoms with Gasteiger partial charge in [0.15, 0.2) is 0 Å². The van der Waals surface area contributed by atoms with E-state index in [9.17, 15) is 9.59 Å². The standard InChI is InChI=1S/C12H17N3O3/c1-2-15(7-10(14)16)6-8-4-3-5-9(13)11(8)12(17)18/h3-5H,2,6-7,13H2,1H3,(H2,14,16)(H,17,18). The highest BCUT2D eigenvalue weighted by Crippen LogP contribution is 2.18. The summed E-state index contributed by atoms with van der Waals surface area (Å²) in [6.45, 7) is 2.88. The third-order valence-electron chi connectivity index (χ3n) is 2.62. The van der Waals surface area contributed by atoms with Crippen LogP contribution in [0.1, 0.15) is 22.8 Å². The first-order valence-corrected chi connectivity index (χ1v) is 5.57. The molecule has 1 amide bonds. The highest BCUT2D eigenvalue weighted by Gasteiger charge is 2.16. The number of nitrogens with two attached hydrogens (primary N) is 2. The Balaban J connectivity index is 2.99. The van der Waals surface area contributed by atoms with Crippen LogP contribution in [0.2, 0.25) is 0 Å². The zero-order valence-electron chi connectivity index (χ0n) is 10.2. The molecule has 6 heteroatoms. The number of benzene rings is 1. The van der Waals surface area contributed by atoms with E-state index in [0.717, 1.165) is 0 Å². The number of carbonyl (C=O) groups is 2. The quantitative estimate of drug-likeness (QED) is 0.629. The van der Waals surface area contributed by atoms with E-state index in [4.69, 9.17) is 16.6 Å². The van der Waals surface area contributed by atoms with Gasteiger partial charge < -0.3 is 16.6 Å². The van der Waals surface area contributed by atoms with Gasteiger partial charge in [0.2, 0.25) is 5.91 Å². The SMILES string of the molecule is CCN(CC(N)=O)Cc1cccc(N)c1C(=O)O. The summed E-state index contributed by atoms with van der Waals surface area (Å²) < 4.78 is 0. The van der Waals surface area contributed by atoms with Crippen molar-refractivity contribution < 1.29 is 14.7 Å². The molecular formula is C12H17N3O3. The Morgan fingerprint density at radius 3 is 2.56 bits per heavy atom. The molecule has 0 saturated heterocycles. The van der Waals surface area contributed by atoms with Crippen molar-refractivity contribution >= 4 is 17.6 Å². The van der Waals surface area contributed by atoms with Gasteiger partial charge in [-0.2, -0.15) is 0 Å². The van der Waals surface area contributed by atoms with E-state index in [2.05, 4.69) is 0 Å². The number of carboxylic acids is 1. The number of nitrogens with zero attached hydrogens (tertiary/aromatic N) is 1. The summed E-state index contributed by atoms with van der Waals surface area (Å²) in [5, 5.41) is 9.12. The lowest BCUT2D eigenvalue weighted by molar-refractivity contribution is -0.119. The molecule has 0 aliphatic carbocycles. The van der Waals surface area contributed by atoms with Gasteiger partial charge in [-0.05, 0) is 18.2 Å². The number of primary amides is 1. The molecule has 1 rings (SSSR count). The molecule has 1 aromatic rings. The molecule has 0 bridgehead atoms. The minimum absolute atomic E-state index is 0.0837. The molecule has 0 radical (unpaired) electrons. The molecule has 0 atom stereocenters. The van der Waals surface area contributed by atoms with Crippen LogP contribution >= 0.6 is 0 Å². The normalized spacial score (nSPS) is 10.6. The van der Waals surface area contributed by atoms with E-state index in [-0.39, 0.29) is 17.8 Å². The number of rotatable bonds is 6. The van der Waals surface area contributed by atoms with E-state index in [1.165, 1.54) is 6.07 Å². The molecule has 0 fully saturated rings. The summed E-state index contributed by atoms with van der Waals surface area (Å²) in [7, 11) is 0. The summed E-state index contributed by atoms with van der Waals surface area (Å²) in [6, 6.07) is 4.91. The number of aromatic carboxylic acids is 1. The maximum atomic E-state index is 11.1. The Hall–Kier alpha value is -2.08. The lowest BCUT2D eigenvalue weighted by Crippen LogP contribution is -2.33. The van der Waals surface area contributed by atoms with Crippen molar-refractivity contribution in [2.45, 2.75) is 13.5 Å².